The maximum absolute atomic E-state index is 13.8. The van der Waals surface area contributed by atoms with Gasteiger partial charge in [-0.05, 0) is 49.4 Å². The van der Waals surface area contributed by atoms with Crippen molar-refractivity contribution < 1.29 is 27.1 Å². The minimum Gasteiger partial charge on any atom is -0.415 e. The summed E-state index contributed by atoms with van der Waals surface area (Å²) in [7, 11) is 0. The SMILES string of the molecule is Cc1ccc(NC(=O)N(c2ccccc2C(C)C)C2CCC(F)(F)CC2)c(OC(F)F)n1. The number of anilines is 2. The lowest BCUT2D eigenvalue weighted by molar-refractivity contribution is -0.0524. The molecule has 1 aliphatic rings. The number of alkyl halides is 4. The molecule has 0 spiro atoms. The Hall–Kier alpha value is -2.84. The van der Waals surface area contributed by atoms with E-state index in [1.165, 1.54) is 11.0 Å². The van der Waals surface area contributed by atoms with Crippen LogP contribution in [-0.4, -0.2) is 29.6 Å². The molecule has 174 valence electrons. The fourth-order valence-electron chi connectivity index (χ4n) is 3.93. The number of rotatable bonds is 6. The van der Waals surface area contributed by atoms with E-state index in [-0.39, 0.29) is 37.3 Å². The number of benzene rings is 1. The molecule has 5 nitrogen and oxygen atoms in total. The molecule has 0 unspecified atom stereocenters. The second-order valence-electron chi connectivity index (χ2n) is 8.28. The van der Waals surface area contributed by atoms with Crippen LogP contribution in [0.1, 0.15) is 56.7 Å². The molecule has 1 aliphatic carbocycles. The lowest BCUT2D eigenvalue weighted by Crippen LogP contribution is -2.47. The second-order valence-corrected chi connectivity index (χ2v) is 8.28. The Bertz CT molecular complexity index is 943. The maximum atomic E-state index is 13.8. The number of aryl methyl sites for hydroxylation is 1. The monoisotopic (exact) mass is 453 g/mol. The molecule has 2 aromatic rings. The topological polar surface area (TPSA) is 54.5 Å². The van der Waals surface area contributed by atoms with Crippen LogP contribution in [0.15, 0.2) is 36.4 Å². The van der Waals surface area contributed by atoms with Crippen molar-refractivity contribution in [2.75, 3.05) is 10.2 Å². The van der Waals surface area contributed by atoms with Crippen LogP contribution in [0, 0.1) is 6.92 Å². The zero-order valence-corrected chi connectivity index (χ0v) is 18.2. The Balaban J connectivity index is 1.97. The number of hydrogen-bond acceptors (Lipinski definition) is 3. The number of carbonyl (C=O) groups is 1. The molecule has 1 aromatic carbocycles. The van der Waals surface area contributed by atoms with E-state index in [4.69, 9.17) is 0 Å². The number of aromatic nitrogens is 1. The van der Waals surface area contributed by atoms with Crippen molar-refractivity contribution in [2.45, 2.75) is 70.9 Å². The van der Waals surface area contributed by atoms with Gasteiger partial charge in [0.1, 0.15) is 5.69 Å². The van der Waals surface area contributed by atoms with Crippen LogP contribution in [0.4, 0.5) is 33.7 Å². The van der Waals surface area contributed by atoms with Crippen LogP contribution < -0.4 is 15.0 Å². The van der Waals surface area contributed by atoms with Crippen molar-refractivity contribution >= 4 is 17.4 Å². The minimum atomic E-state index is -3.11. The van der Waals surface area contributed by atoms with Crippen LogP contribution in [0.25, 0.3) is 0 Å². The van der Waals surface area contributed by atoms with Gasteiger partial charge in [-0.3, -0.25) is 4.90 Å². The summed E-state index contributed by atoms with van der Waals surface area (Å²) in [4.78, 5) is 18.8. The minimum absolute atomic E-state index is 0.0194. The summed E-state index contributed by atoms with van der Waals surface area (Å²) in [5, 5.41) is 2.60. The summed E-state index contributed by atoms with van der Waals surface area (Å²) < 4.78 is 57.7. The molecule has 1 fully saturated rings. The van der Waals surface area contributed by atoms with Crippen LogP contribution in [0.3, 0.4) is 0 Å². The number of nitrogens with zero attached hydrogens (tertiary/aromatic N) is 2. The van der Waals surface area contributed by atoms with Gasteiger partial charge in [0.05, 0.1) is 0 Å². The van der Waals surface area contributed by atoms with Crippen LogP contribution in [-0.2, 0) is 0 Å². The summed E-state index contributed by atoms with van der Waals surface area (Å²) in [6.07, 6.45) is -0.396. The van der Waals surface area contributed by atoms with Gasteiger partial charge in [-0.15, -0.1) is 0 Å². The summed E-state index contributed by atoms with van der Waals surface area (Å²) in [5.41, 5.74) is 1.90. The first-order chi connectivity index (χ1) is 15.1. The molecule has 1 saturated carbocycles. The molecule has 2 amide bonds. The summed E-state index contributed by atoms with van der Waals surface area (Å²) in [5.74, 6) is -3.08. The van der Waals surface area contributed by atoms with E-state index in [1.54, 1.807) is 25.1 Å². The smallest absolute Gasteiger partial charge is 0.388 e. The summed E-state index contributed by atoms with van der Waals surface area (Å²) >= 11 is 0. The Morgan fingerprint density at radius 2 is 1.81 bits per heavy atom. The quantitative estimate of drug-likeness (QED) is 0.494. The van der Waals surface area contributed by atoms with Crippen molar-refractivity contribution in [1.82, 2.24) is 4.98 Å². The lowest BCUT2D eigenvalue weighted by atomic mass is 9.90. The predicted octanol–water partition coefficient (Wildman–Crippen LogP) is 6.73. The molecule has 0 saturated heterocycles. The van der Waals surface area contributed by atoms with Crippen LogP contribution >= 0.6 is 0 Å². The molecule has 1 N–H and O–H groups in total. The van der Waals surface area contributed by atoms with Gasteiger partial charge in [0.2, 0.25) is 11.8 Å². The van der Waals surface area contributed by atoms with Crippen LogP contribution in [0.2, 0.25) is 0 Å². The zero-order chi connectivity index (χ0) is 23.5. The Morgan fingerprint density at radius 3 is 2.44 bits per heavy atom. The van der Waals surface area contributed by atoms with Crippen molar-refractivity contribution in [3.05, 3.63) is 47.7 Å². The summed E-state index contributed by atoms with van der Waals surface area (Å²) in [6.45, 7) is 2.45. The Morgan fingerprint density at radius 1 is 1.16 bits per heavy atom. The molecule has 3 rings (SSSR count). The van der Waals surface area contributed by atoms with Gasteiger partial charge < -0.3 is 10.1 Å². The average Bonchev–Trinajstić information content (AvgIpc) is 2.71. The van der Waals surface area contributed by atoms with E-state index in [2.05, 4.69) is 15.0 Å². The first kappa shape index (κ1) is 23.8. The molecular formula is C23H27F4N3O2. The third-order valence-corrected chi connectivity index (χ3v) is 5.53. The molecule has 0 bridgehead atoms. The average molecular weight is 453 g/mol. The van der Waals surface area contributed by atoms with E-state index in [1.807, 2.05) is 26.0 Å². The molecule has 1 aromatic heterocycles. The molecule has 0 radical (unpaired) electrons. The standard InChI is InChI=1S/C23H27F4N3O2/c1-14(2)17-6-4-5-7-19(17)30(16-10-12-23(26,27)13-11-16)22(31)29-18-9-8-15(3)28-20(18)32-21(24)25/h4-9,14,16,21H,10-13H2,1-3H3,(H,29,31). The number of nitrogens with one attached hydrogen (secondary N) is 1. The lowest BCUT2D eigenvalue weighted by Gasteiger charge is -2.38. The van der Waals surface area contributed by atoms with Gasteiger partial charge in [-0.2, -0.15) is 8.78 Å². The van der Waals surface area contributed by atoms with E-state index >= 15 is 0 Å². The molecule has 0 atom stereocenters. The molecule has 1 heterocycles. The highest BCUT2D eigenvalue weighted by molar-refractivity contribution is 6.03. The van der Waals surface area contributed by atoms with E-state index < -0.39 is 30.5 Å². The van der Waals surface area contributed by atoms with Gasteiger partial charge in [0.25, 0.3) is 0 Å². The first-order valence-corrected chi connectivity index (χ1v) is 10.6. The number of urea groups is 1. The first-order valence-electron chi connectivity index (χ1n) is 10.6. The highest BCUT2D eigenvalue weighted by Gasteiger charge is 2.39. The predicted molar refractivity (Wildman–Crippen MR) is 115 cm³/mol. The number of halogens is 4. The van der Waals surface area contributed by atoms with Crippen molar-refractivity contribution in [2.24, 2.45) is 0 Å². The van der Waals surface area contributed by atoms with Crippen molar-refractivity contribution in [1.29, 1.82) is 0 Å². The highest BCUT2D eigenvalue weighted by Crippen LogP contribution is 2.39. The van der Waals surface area contributed by atoms with E-state index in [0.29, 0.717) is 11.4 Å². The number of ether oxygens (including phenoxy) is 1. The zero-order valence-electron chi connectivity index (χ0n) is 18.2. The van der Waals surface area contributed by atoms with Crippen molar-refractivity contribution in [3.63, 3.8) is 0 Å². The fraction of sp³-hybridized carbons (Fsp3) is 0.478. The van der Waals surface area contributed by atoms with Gasteiger partial charge >= 0.3 is 12.6 Å². The maximum Gasteiger partial charge on any atom is 0.388 e. The van der Waals surface area contributed by atoms with E-state index in [9.17, 15) is 22.4 Å². The number of carbonyl (C=O) groups excluding carboxylic acids is 1. The third kappa shape index (κ3) is 5.69. The number of amides is 2. The van der Waals surface area contributed by atoms with E-state index in [0.717, 1.165) is 5.56 Å². The highest BCUT2D eigenvalue weighted by atomic mass is 19.3. The normalized spacial score (nSPS) is 16.3. The summed E-state index contributed by atoms with van der Waals surface area (Å²) in [6, 6.07) is 9.19. The van der Waals surface area contributed by atoms with Gasteiger partial charge in [0.15, 0.2) is 0 Å². The number of pyridine rings is 1. The fourth-order valence-corrected chi connectivity index (χ4v) is 3.93. The van der Waals surface area contributed by atoms with Gasteiger partial charge in [-0.1, -0.05) is 32.0 Å². The largest absolute Gasteiger partial charge is 0.415 e. The molecule has 32 heavy (non-hydrogen) atoms. The third-order valence-electron chi connectivity index (χ3n) is 5.53. The Kier molecular flexibility index (Phi) is 7.26. The van der Waals surface area contributed by atoms with Crippen LogP contribution in [0.5, 0.6) is 5.88 Å². The Labute approximate surface area is 184 Å². The molecule has 0 aliphatic heterocycles. The van der Waals surface area contributed by atoms with Crippen molar-refractivity contribution in [3.8, 4) is 5.88 Å². The molecule has 9 heteroatoms. The number of para-hydroxylation sites is 1. The number of hydrogen-bond donors (Lipinski definition) is 1. The van der Waals surface area contributed by atoms with Gasteiger partial charge in [-0.25, -0.2) is 18.6 Å². The second kappa shape index (κ2) is 9.75. The molecular weight excluding hydrogens is 426 g/mol. The van der Waals surface area contributed by atoms with Gasteiger partial charge in [0, 0.05) is 30.3 Å².